The molecule has 0 aromatic carbocycles. The van der Waals surface area contributed by atoms with Gasteiger partial charge in [-0.15, -0.1) is 11.3 Å². The minimum absolute atomic E-state index is 0.147. The Hall–Kier alpha value is -0.200. The van der Waals surface area contributed by atoms with Crippen molar-refractivity contribution in [2.45, 2.75) is 25.7 Å². The third kappa shape index (κ3) is 4.19. The first-order valence-corrected chi connectivity index (χ1v) is 6.76. The molecule has 0 saturated heterocycles. The van der Waals surface area contributed by atoms with Gasteiger partial charge in [-0.1, -0.05) is 18.5 Å². The molecule has 1 unspecified atom stereocenters. The number of thiophene rings is 1. The molecule has 0 saturated carbocycles. The highest BCUT2D eigenvalue weighted by Gasteiger charge is 2.36. The fraction of sp³-hybridized carbons (Fsp3) is 0.500. The van der Waals surface area contributed by atoms with Crippen molar-refractivity contribution in [3.8, 4) is 0 Å². The summed E-state index contributed by atoms with van der Waals surface area (Å²) in [6, 6.07) is 1.21. The van der Waals surface area contributed by atoms with E-state index in [9.17, 15) is 13.6 Å². The molecule has 0 aliphatic carbocycles. The first kappa shape index (κ1) is 14.9. The van der Waals surface area contributed by atoms with E-state index in [2.05, 4.69) is 15.9 Å². The van der Waals surface area contributed by atoms with Crippen molar-refractivity contribution < 1.29 is 18.7 Å². The Balaban J connectivity index is 2.77. The third-order valence-corrected chi connectivity index (χ3v) is 4.72. The third-order valence-electron chi connectivity index (χ3n) is 2.13. The van der Waals surface area contributed by atoms with Crippen molar-refractivity contribution >= 4 is 44.8 Å². The lowest BCUT2D eigenvalue weighted by atomic mass is 9.99. The fourth-order valence-corrected chi connectivity index (χ4v) is 3.12. The molecule has 1 N–H and O–H groups in total. The van der Waals surface area contributed by atoms with Crippen molar-refractivity contribution in [1.29, 1.82) is 0 Å². The van der Waals surface area contributed by atoms with Crippen molar-refractivity contribution in [3.05, 3.63) is 19.8 Å². The predicted octanol–water partition coefficient (Wildman–Crippen LogP) is 4.76. The normalized spacial score (nSPS) is 13.7. The molecule has 0 radical (unpaired) electrons. The number of carbonyl (C=O) groups is 1. The molecule has 0 amide bonds. The number of hydrogen-bond acceptors (Lipinski definition) is 2. The van der Waals surface area contributed by atoms with Gasteiger partial charge in [0.1, 0.15) is 0 Å². The molecule has 0 spiro atoms. The summed E-state index contributed by atoms with van der Waals surface area (Å²) >= 11 is 9.64. The molecule has 1 rings (SSSR count). The lowest BCUT2D eigenvalue weighted by Gasteiger charge is -2.18. The van der Waals surface area contributed by atoms with E-state index in [0.717, 1.165) is 11.3 Å². The molecular weight excluding hydrogens is 338 g/mol. The molecule has 0 fully saturated rings. The second kappa shape index (κ2) is 5.63. The first-order chi connectivity index (χ1) is 7.72. The van der Waals surface area contributed by atoms with Gasteiger partial charge >= 0.3 is 5.97 Å². The molecule has 1 heterocycles. The van der Waals surface area contributed by atoms with Crippen LogP contribution in [-0.2, 0) is 10.7 Å². The average molecular weight is 348 g/mol. The summed E-state index contributed by atoms with van der Waals surface area (Å²) < 4.78 is 28.0. The van der Waals surface area contributed by atoms with E-state index in [4.69, 9.17) is 16.7 Å². The van der Waals surface area contributed by atoms with Crippen LogP contribution in [0.5, 0.6) is 0 Å². The molecular formula is C10H10BrClF2O2S. The lowest BCUT2D eigenvalue weighted by molar-refractivity contribution is -0.138. The molecule has 7 heteroatoms. The van der Waals surface area contributed by atoms with Gasteiger partial charge in [0.15, 0.2) is 0 Å². The number of carboxylic acids is 1. The van der Waals surface area contributed by atoms with Crippen molar-refractivity contribution in [2.24, 2.45) is 5.92 Å². The van der Waals surface area contributed by atoms with Gasteiger partial charge in [0.25, 0.3) is 5.92 Å². The molecule has 1 atom stereocenters. The maximum atomic E-state index is 13.8. The molecule has 0 aliphatic rings. The standard InChI is InChI=1S/C10H10BrClF2O2S/c1-5(2-8(15)16)4-10(13,14)7-3-6(12)9(11)17-7/h3,5H,2,4H2,1H3,(H,15,16). The Morgan fingerprint density at radius 3 is 2.71 bits per heavy atom. The number of halogens is 4. The first-order valence-electron chi connectivity index (χ1n) is 4.77. The average Bonchev–Trinajstić information content (AvgIpc) is 2.44. The Morgan fingerprint density at radius 2 is 2.29 bits per heavy atom. The van der Waals surface area contributed by atoms with Crippen molar-refractivity contribution in [2.75, 3.05) is 0 Å². The van der Waals surface area contributed by atoms with Gasteiger partial charge in [-0.05, 0) is 27.9 Å². The molecule has 17 heavy (non-hydrogen) atoms. The zero-order chi connectivity index (χ0) is 13.2. The minimum Gasteiger partial charge on any atom is -0.481 e. The number of alkyl halides is 2. The Morgan fingerprint density at radius 1 is 1.71 bits per heavy atom. The number of hydrogen-bond donors (Lipinski definition) is 1. The van der Waals surface area contributed by atoms with Gasteiger partial charge in [0.2, 0.25) is 0 Å². The van der Waals surface area contributed by atoms with Crippen LogP contribution in [0.25, 0.3) is 0 Å². The van der Waals surface area contributed by atoms with Crippen LogP contribution in [-0.4, -0.2) is 11.1 Å². The fourth-order valence-electron chi connectivity index (χ4n) is 1.44. The van der Waals surface area contributed by atoms with Crippen molar-refractivity contribution in [1.82, 2.24) is 0 Å². The highest BCUT2D eigenvalue weighted by molar-refractivity contribution is 9.11. The second-order valence-electron chi connectivity index (χ2n) is 3.84. The van der Waals surface area contributed by atoms with Gasteiger partial charge in [0, 0.05) is 12.8 Å². The van der Waals surface area contributed by atoms with Crippen LogP contribution in [0, 0.1) is 5.92 Å². The van der Waals surface area contributed by atoms with Crippen LogP contribution < -0.4 is 0 Å². The SMILES string of the molecule is CC(CC(=O)O)CC(F)(F)c1cc(Cl)c(Br)s1. The van der Waals surface area contributed by atoms with Crippen LogP contribution in [0.3, 0.4) is 0 Å². The van der Waals surface area contributed by atoms with Gasteiger partial charge in [-0.2, -0.15) is 0 Å². The maximum absolute atomic E-state index is 13.8. The van der Waals surface area contributed by atoms with E-state index >= 15 is 0 Å². The van der Waals surface area contributed by atoms with E-state index in [1.54, 1.807) is 0 Å². The van der Waals surface area contributed by atoms with E-state index < -0.39 is 24.2 Å². The topological polar surface area (TPSA) is 37.3 Å². The van der Waals surface area contributed by atoms with Gasteiger partial charge in [-0.3, -0.25) is 4.79 Å². The lowest BCUT2D eigenvalue weighted by Crippen LogP contribution is -2.17. The Labute approximate surface area is 115 Å². The molecule has 0 aliphatic heterocycles. The Kier molecular flexibility index (Phi) is 4.92. The monoisotopic (exact) mass is 346 g/mol. The van der Waals surface area contributed by atoms with Gasteiger partial charge in [0.05, 0.1) is 13.7 Å². The second-order valence-corrected chi connectivity index (χ2v) is 6.62. The quantitative estimate of drug-likeness (QED) is 0.834. The smallest absolute Gasteiger partial charge is 0.303 e. The molecule has 96 valence electrons. The summed E-state index contributed by atoms with van der Waals surface area (Å²) in [6.45, 7) is 1.49. The summed E-state index contributed by atoms with van der Waals surface area (Å²) in [7, 11) is 0. The number of rotatable bonds is 5. The molecule has 1 aromatic rings. The summed E-state index contributed by atoms with van der Waals surface area (Å²) in [5, 5.41) is 8.77. The van der Waals surface area contributed by atoms with Gasteiger partial charge < -0.3 is 5.11 Å². The zero-order valence-corrected chi connectivity index (χ0v) is 12.0. The van der Waals surface area contributed by atoms with E-state index in [1.165, 1.54) is 13.0 Å². The molecule has 0 bridgehead atoms. The summed E-state index contributed by atoms with van der Waals surface area (Å²) in [4.78, 5) is 10.3. The van der Waals surface area contributed by atoms with E-state index in [-0.39, 0.29) is 16.3 Å². The van der Waals surface area contributed by atoms with Crippen LogP contribution in [0.2, 0.25) is 5.02 Å². The molecule has 2 nitrogen and oxygen atoms in total. The summed E-state index contributed by atoms with van der Waals surface area (Å²) in [5.74, 6) is -4.71. The van der Waals surface area contributed by atoms with E-state index in [1.807, 2.05) is 0 Å². The zero-order valence-electron chi connectivity index (χ0n) is 8.84. The van der Waals surface area contributed by atoms with Crippen LogP contribution in [0.1, 0.15) is 24.6 Å². The number of aliphatic carboxylic acids is 1. The highest BCUT2D eigenvalue weighted by atomic mass is 79.9. The highest BCUT2D eigenvalue weighted by Crippen LogP contribution is 2.43. The van der Waals surface area contributed by atoms with Crippen molar-refractivity contribution in [3.63, 3.8) is 0 Å². The Bertz CT molecular complexity index is 403. The molecule has 1 aromatic heterocycles. The maximum Gasteiger partial charge on any atom is 0.303 e. The predicted molar refractivity (Wildman–Crippen MR) is 67.0 cm³/mol. The van der Waals surface area contributed by atoms with Crippen LogP contribution in [0.4, 0.5) is 8.78 Å². The largest absolute Gasteiger partial charge is 0.481 e. The van der Waals surface area contributed by atoms with Crippen LogP contribution in [0.15, 0.2) is 9.85 Å². The summed E-state index contributed by atoms with van der Waals surface area (Å²) in [6.07, 6.45) is -0.765. The van der Waals surface area contributed by atoms with Gasteiger partial charge in [-0.25, -0.2) is 8.78 Å². The summed E-state index contributed by atoms with van der Waals surface area (Å²) in [5.41, 5.74) is 0. The van der Waals surface area contributed by atoms with Crippen LogP contribution >= 0.6 is 38.9 Å². The minimum atomic E-state index is -3.05. The number of carboxylic acid groups (broad SMARTS) is 1. The van der Waals surface area contributed by atoms with E-state index in [0.29, 0.717) is 3.79 Å².